The van der Waals surface area contributed by atoms with E-state index >= 15 is 0 Å². The minimum atomic E-state index is -0.851. The predicted octanol–water partition coefficient (Wildman–Crippen LogP) is 4.19. The first kappa shape index (κ1) is 20.2. The molecule has 1 fully saturated rings. The maximum Gasteiger partial charge on any atom is 0.407 e. The fraction of sp³-hybridized carbons (Fsp3) is 0.190. The highest BCUT2D eigenvalue weighted by atomic mass is 127. The first-order chi connectivity index (χ1) is 14.6. The molecule has 3 aromatic rings. The van der Waals surface area contributed by atoms with Crippen LogP contribution in [0.25, 0.3) is 11.3 Å². The fourth-order valence-corrected chi connectivity index (χ4v) is 4.02. The van der Waals surface area contributed by atoms with Crippen LogP contribution >= 0.6 is 22.6 Å². The average Bonchev–Trinajstić information content (AvgIpc) is 3.29. The van der Waals surface area contributed by atoms with Gasteiger partial charge in [0.25, 0.3) is 0 Å². The SMILES string of the molecule is O=C(O)N1CCN(c2ccc(/C=N/Nc3ccc(-c4cnco4)c(I)c3)cc2)CC1. The normalized spacial score (nSPS) is 14.3. The summed E-state index contributed by atoms with van der Waals surface area (Å²) in [6, 6.07) is 14.0. The van der Waals surface area contributed by atoms with E-state index in [-0.39, 0.29) is 0 Å². The van der Waals surface area contributed by atoms with Crippen LogP contribution in [0.4, 0.5) is 16.2 Å². The van der Waals surface area contributed by atoms with Crippen LogP contribution in [0.3, 0.4) is 0 Å². The van der Waals surface area contributed by atoms with Crippen molar-refractivity contribution in [3.63, 3.8) is 0 Å². The number of halogens is 1. The Labute approximate surface area is 187 Å². The van der Waals surface area contributed by atoms with Gasteiger partial charge in [0, 0.05) is 41.0 Å². The quantitative estimate of drug-likeness (QED) is 0.300. The zero-order valence-electron chi connectivity index (χ0n) is 16.0. The van der Waals surface area contributed by atoms with Crippen molar-refractivity contribution in [3.05, 3.63) is 64.2 Å². The van der Waals surface area contributed by atoms with Gasteiger partial charge in [-0.3, -0.25) is 5.43 Å². The Balaban J connectivity index is 1.34. The summed E-state index contributed by atoms with van der Waals surface area (Å²) in [5.41, 5.74) is 6.98. The van der Waals surface area contributed by atoms with E-state index in [9.17, 15) is 4.79 Å². The van der Waals surface area contributed by atoms with E-state index in [1.54, 1.807) is 12.4 Å². The molecule has 0 saturated carbocycles. The number of oxazole rings is 1. The Morgan fingerprint density at radius 2 is 1.93 bits per heavy atom. The first-order valence-corrected chi connectivity index (χ1v) is 10.5. The maximum atomic E-state index is 11.0. The van der Waals surface area contributed by atoms with Gasteiger partial charge in [0.05, 0.1) is 18.1 Å². The Hall–Kier alpha value is -3.08. The van der Waals surface area contributed by atoms with E-state index in [0.29, 0.717) is 26.2 Å². The minimum Gasteiger partial charge on any atom is -0.465 e. The molecule has 0 spiro atoms. The standard InChI is InChI=1S/C21H20IN5O3/c22-19-11-16(3-6-18(19)20-13-23-14-30-20)25-24-12-15-1-4-17(5-2-15)26-7-9-27(10-8-26)21(28)29/h1-6,11-14,25H,7-10H2,(H,28,29)/b24-12+. The lowest BCUT2D eigenvalue weighted by molar-refractivity contribution is 0.142. The molecule has 30 heavy (non-hydrogen) atoms. The summed E-state index contributed by atoms with van der Waals surface area (Å²) in [6.07, 6.45) is 4.03. The summed E-state index contributed by atoms with van der Waals surface area (Å²) in [5.74, 6) is 0.735. The number of hydrogen-bond acceptors (Lipinski definition) is 6. The van der Waals surface area contributed by atoms with Gasteiger partial charge < -0.3 is 19.3 Å². The molecule has 0 unspecified atom stereocenters. The van der Waals surface area contributed by atoms with E-state index in [1.807, 2.05) is 42.5 Å². The molecule has 8 nitrogen and oxygen atoms in total. The zero-order chi connectivity index (χ0) is 20.9. The van der Waals surface area contributed by atoms with Crippen molar-refractivity contribution < 1.29 is 14.3 Å². The molecule has 1 saturated heterocycles. The number of nitrogens with zero attached hydrogens (tertiary/aromatic N) is 4. The third-order valence-corrected chi connectivity index (χ3v) is 5.78. The summed E-state index contributed by atoms with van der Waals surface area (Å²) in [4.78, 5) is 18.6. The van der Waals surface area contributed by atoms with E-state index in [1.165, 1.54) is 11.3 Å². The number of hydrogen-bond donors (Lipinski definition) is 2. The summed E-state index contributed by atoms with van der Waals surface area (Å²) < 4.78 is 6.39. The molecule has 1 aliphatic rings. The van der Waals surface area contributed by atoms with Crippen molar-refractivity contribution in [1.29, 1.82) is 0 Å². The zero-order valence-corrected chi connectivity index (χ0v) is 18.2. The molecule has 4 rings (SSSR count). The van der Waals surface area contributed by atoms with Crippen molar-refractivity contribution in [3.8, 4) is 11.3 Å². The number of piperazine rings is 1. The second-order valence-electron chi connectivity index (χ2n) is 6.78. The molecule has 9 heteroatoms. The molecular weight excluding hydrogens is 497 g/mol. The summed E-state index contributed by atoms with van der Waals surface area (Å²) in [7, 11) is 0. The van der Waals surface area contributed by atoms with Gasteiger partial charge in [-0.2, -0.15) is 5.10 Å². The van der Waals surface area contributed by atoms with Crippen molar-refractivity contribution in [2.45, 2.75) is 0 Å². The second kappa shape index (κ2) is 9.16. The van der Waals surface area contributed by atoms with Crippen LogP contribution in [0.2, 0.25) is 0 Å². The predicted molar refractivity (Wildman–Crippen MR) is 124 cm³/mol. The smallest absolute Gasteiger partial charge is 0.407 e. The lowest BCUT2D eigenvalue weighted by Crippen LogP contribution is -2.48. The number of rotatable bonds is 5. The second-order valence-corrected chi connectivity index (χ2v) is 7.94. The number of hydrazone groups is 1. The number of carbonyl (C=O) groups is 1. The number of anilines is 2. The van der Waals surface area contributed by atoms with E-state index in [2.05, 4.69) is 43.0 Å². The fourth-order valence-electron chi connectivity index (χ4n) is 3.24. The van der Waals surface area contributed by atoms with Crippen LogP contribution < -0.4 is 10.3 Å². The molecule has 0 radical (unpaired) electrons. The number of amides is 1. The molecule has 1 aromatic heterocycles. The van der Waals surface area contributed by atoms with Crippen LogP contribution in [0.15, 0.2) is 64.6 Å². The van der Waals surface area contributed by atoms with Gasteiger partial charge >= 0.3 is 6.09 Å². The van der Waals surface area contributed by atoms with Crippen molar-refractivity contribution in [2.24, 2.45) is 5.10 Å². The molecule has 2 aromatic carbocycles. The highest BCUT2D eigenvalue weighted by Crippen LogP contribution is 2.27. The van der Waals surface area contributed by atoms with Crippen LogP contribution in [0, 0.1) is 3.57 Å². The summed E-state index contributed by atoms with van der Waals surface area (Å²) in [5, 5.41) is 13.4. The molecule has 0 atom stereocenters. The molecule has 2 heterocycles. The molecule has 154 valence electrons. The third kappa shape index (κ3) is 4.73. The van der Waals surface area contributed by atoms with Crippen LogP contribution in [0.5, 0.6) is 0 Å². The third-order valence-electron chi connectivity index (χ3n) is 4.88. The van der Waals surface area contributed by atoms with Crippen molar-refractivity contribution >= 4 is 46.3 Å². The lowest BCUT2D eigenvalue weighted by Gasteiger charge is -2.34. The van der Waals surface area contributed by atoms with Gasteiger partial charge in [0.2, 0.25) is 0 Å². The molecular formula is C21H20IN5O3. The van der Waals surface area contributed by atoms with Gasteiger partial charge in [-0.15, -0.1) is 0 Å². The summed E-state index contributed by atoms with van der Waals surface area (Å²) in [6.45, 7) is 2.45. The number of nitrogens with one attached hydrogen (secondary N) is 1. The van der Waals surface area contributed by atoms with Crippen LogP contribution in [-0.2, 0) is 0 Å². The topological polar surface area (TPSA) is 94.2 Å². The Bertz CT molecular complexity index is 1030. The lowest BCUT2D eigenvalue weighted by atomic mass is 10.2. The van der Waals surface area contributed by atoms with Crippen molar-refractivity contribution in [2.75, 3.05) is 36.5 Å². The average molecular weight is 517 g/mol. The van der Waals surface area contributed by atoms with E-state index in [0.717, 1.165) is 31.8 Å². The minimum absolute atomic E-state index is 0.524. The highest BCUT2D eigenvalue weighted by molar-refractivity contribution is 14.1. The van der Waals surface area contributed by atoms with Gasteiger partial charge in [0.15, 0.2) is 12.2 Å². The molecule has 1 amide bonds. The molecule has 0 bridgehead atoms. The number of carboxylic acid groups (broad SMARTS) is 1. The molecule has 0 aliphatic carbocycles. The van der Waals surface area contributed by atoms with Crippen LogP contribution in [-0.4, -0.2) is 53.5 Å². The largest absolute Gasteiger partial charge is 0.465 e. The van der Waals surface area contributed by atoms with Gasteiger partial charge in [-0.25, -0.2) is 9.78 Å². The monoisotopic (exact) mass is 517 g/mol. The number of aromatic nitrogens is 1. The summed E-state index contributed by atoms with van der Waals surface area (Å²) >= 11 is 2.26. The Kier molecular flexibility index (Phi) is 6.17. The van der Waals surface area contributed by atoms with Gasteiger partial charge in [0.1, 0.15) is 0 Å². The maximum absolute atomic E-state index is 11.0. The van der Waals surface area contributed by atoms with E-state index < -0.39 is 6.09 Å². The highest BCUT2D eigenvalue weighted by Gasteiger charge is 2.20. The Morgan fingerprint density at radius 3 is 2.57 bits per heavy atom. The molecule has 1 aliphatic heterocycles. The van der Waals surface area contributed by atoms with Gasteiger partial charge in [-0.05, 0) is 58.5 Å². The molecule has 2 N–H and O–H groups in total. The van der Waals surface area contributed by atoms with E-state index in [4.69, 9.17) is 9.52 Å². The van der Waals surface area contributed by atoms with Crippen LogP contribution in [0.1, 0.15) is 5.56 Å². The number of benzene rings is 2. The van der Waals surface area contributed by atoms with Gasteiger partial charge in [-0.1, -0.05) is 12.1 Å². The van der Waals surface area contributed by atoms with Crippen molar-refractivity contribution in [1.82, 2.24) is 9.88 Å². The Morgan fingerprint density at radius 1 is 1.17 bits per heavy atom. The first-order valence-electron chi connectivity index (χ1n) is 9.40.